The van der Waals surface area contributed by atoms with E-state index in [1.807, 2.05) is 0 Å². The predicted molar refractivity (Wildman–Crippen MR) is 260 cm³/mol. The fourth-order valence-corrected chi connectivity index (χ4v) is 11.8. The lowest BCUT2D eigenvalue weighted by atomic mass is 9.70. The fourth-order valence-electron chi connectivity index (χ4n) is 11.8. The molecule has 12 aromatic rings. The van der Waals surface area contributed by atoms with Crippen LogP contribution in [0.1, 0.15) is 22.3 Å². The zero-order chi connectivity index (χ0) is 40.5. The van der Waals surface area contributed by atoms with E-state index in [0.29, 0.717) is 0 Å². The molecular formula is C61H37N. The summed E-state index contributed by atoms with van der Waals surface area (Å²) in [5.41, 5.74) is 18.8. The summed E-state index contributed by atoms with van der Waals surface area (Å²) in [7, 11) is 0. The van der Waals surface area contributed by atoms with E-state index in [4.69, 9.17) is 0 Å². The lowest BCUT2D eigenvalue weighted by Gasteiger charge is -2.31. The van der Waals surface area contributed by atoms with Crippen molar-refractivity contribution in [3.05, 3.63) is 247 Å². The molecular weight excluding hydrogens is 747 g/mol. The van der Waals surface area contributed by atoms with Gasteiger partial charge in [0.05, 0.1) is 16.4 Å². The molecule has 0 amide bonds. The maximum Gasteiger partial charge on any atom is 0.0726 e. The Balaban J connectivity index is 1.09. The van der Waals surface area contributed by atoms with Crippen molar-refractivity contribution < 1.29 is 0 Å². The summed E-state index contributed by atoms with van der Waals surface area (Å²) in [6.45, 7) is 0. The highest BCUT2D eigenvalue weighted by Crippen LogP contribution is 2.64. The number of benzene rings is 11. The zero-order valence-corrected chi connectivity index (χ0v) is 33.8. The molecule has 1 spiro atoms. The van der Waals surface area contributed by atoms with Gasteiger partial charge in [-0.25, -0.2) is 0 Å². The second-order valence-corrected chi connectivity index (χ2v) is 17.1. The highest BCUT2D eigenvalue weighted by Gasteiger charge is 2.52. The minimum atomic E-state index is -0.519. The molecule has 0 radical (unpaired) electrons. The summed E-state index contributed by atoms with van der Waals surface area (Å²) in [4.78, 5) is 0. The van der Waals surface area contributed by atoms with Gasteiger partial charge in [0.15, 0.2) is 0 Å². The second-order valence-electron chi connectivity index (χ2n) is 17.1. The molecule has 1 atom stereocenters. The molecule has 0 N–H and O–H groups in total. The third kappa shape index (κ3) is 4.32. The third-order valence-electron chi connectivity index (χ3n) is 14.2. The summed E-state index contributed by atoms with van der Waals surface area (Å²) in [6.07, 6.45) is 0. The van der Waals surface area contributed by atoms with Crippen molar-refractivity contribution in [1.82, 2.24) is 4.57 Å². The van der Waals surface area contributed by atoms with Crippen LogP contribution < -0.4 is 0 Å². The molecule has 62 heavy (non-hydrogen) atoms. The van der Waals surface area contributed by atoms with Gasteiger partial charge in [0.1, 0.15) is 0 Å². The van der Waals surface area contributed by atoms with E-state index in [1.165, 1.54) is 127 Å². The molecule has 0 bridgehead atoms. The number of fused-ring (bicyclic) bond motifs is 16. The Morgan fingerprint density at radius 1 is 0.274 bits per heavy atom. The van der Waals surface area contributed by atoms with Gasteiger partial charge in [-0.2, -0.15) is 0 Å². The summed E-state index contributed by atoms with van der Waals surface area (Å²) < 4.78 is 2.47. The van der Waals surface area contributed by atoms with Gasteiger partial charge in [0.2, 0.25) is 0 Å². The number of hydrogen-bond acceptors (Lipinski definition) is 0. The smallest absolute Gasteiger partial charge is 0.0726 e. The highest BCUT2D eigenvalue weighted by molar-refractivity contribution is 6.24. The lowest BCUT2D eigenvalue weighted by molar-refractivity contribution is 0.795. The van der Waals surface area contributed by atoms with Crippen LogP contribution in [0.2, 0.25) is 0 Å². The predicted octanol–water partition coefficient (Wildman–Crippen LogP) is 15.9. The topological polar surface area (TPSA) is 4.93 Å². The monoisotopic (exact) mass is 783 g/mol. The van der Waals surface area contributed by atoms with Gasteiger partial charge in [-0.1, -0.05) is 188 Å². The van der Waals surface area contributed by atoms with Crippen molar-refractivity contribution in [2.75, 3.05) is 0 Å². The van der Waals surface area contributed by atoms with Crippen LogP contribution in [0, 0.1) is 0 Å². The van der Waals surface area contributed by atoms with Crippen LogP contribution in [0.4, 0.5) is 0 Å². The second kappa shape index (κ2) is 12.5. The largest absolute Gasteiger partial charge is 0.309 e. The Morgan fingerprint density at radius 3 is 1.52 bits per heavy atom. The first kappa shape index (κ1) is 33.8. The lowest BCUT2D eigenvalue weighted by Crippen LogP contribution is -2.26. The summed E-state index contributed by atoms with van der Waals surface area (Å²) in [5, 5.41) is 10.1. The molecule has 1 heterocycles. The molecule has 0 saturated heterocycles. The van der Waals surface area contributed by atoms with Crippen LogP contribution in [-0.2, 0) is 5.41 Å². The normalized spacial score (nSPS) is 14.8. The number of para-hydroxylation sites is 2. The van der Waals surface area contributed by atoms with Gasteiger partial charge >= 0.3 is 0 Å². The fraction of sp³-hybridized carbons (Fsp3) is 0.0164. The first-order valence-electron chi connectivity index (χ1n) is 21.7. The minimum Gasteiger partial charge on any atom is -0.309 e. The third-order valence-corrected chi connectivity index (χ3v) is 14.2. The zero-order valence-electron chi connectivity index (χ0n) is 33.8. The van der Waals surface area contributed by atoms with E-state index in [1.54, 1.807) is 0 Å². The molecule has 2 aliphatic carbocycles. The van der Waals surface area contributed by atoms with Crippen molar-refractivity contribution in [3.63, 3.8) is 0 Å². The Morgan fingerprint density at radius 2 is 0.790 bits per heavy atom. The van der Waals surface area contributed by atoms with Gasteiger partial charge in [-0.3, -0.25) is 0 Å². The van der Waals surface area contributed by atoms with E-state index in [9.17, 15) is 0 Å². The SMILES string of the molecule is c1ccc(-n2c3ccccc3c3cc4c(cc32)C2(c3ccccc3-c3ccc(-c5c6ccccc6c(-c6cccc7ccccc67)c6ccccc56)cc32)c2ccccc2-4)cc1. The number of hydrogen-bond donors (Lipinski definition) is 0. The maximum absolute atomic E-state index is 2.56. The summed E-state index contributed by atoms with van der Waals surface area (Å²) in [6, 6.07) is 84.2. The van der Waals surface area contributed by atoms with Crippen molar-refractivity contribution in [2.45, 2.75) is 5.41 Å². The van der Waals surface area contributed by atoms with Gasteiger partial charge in [-0.05, 0) is 135 Å². The van der Waals surface area contributed by atoms with Crippen LogP contribution in [0.5, 0.6) is 0 Å². The van der Waals surface area contributed by atoms with E-state index in [2.05, 4.69) is 229 Å². The molecule has 1 unspecified atom stereocenters. The first-order valence-corrected chi connectivity index (χ1v) is 21.7. The van der Waals surface area contributed by atoms with Crippen molar-refractivity contribution >= 4 is 54.1 Å². The highest BCUT2D eigenvalue weighted by atomic mass is 15.0. The van der Waals surface area contributed by atoms with Gasteiger partial charge in [-0.15, -0.1) is 0 Å². The molecule has 11 aromatic carbocycles. The molecule has 0 aliphatic heterocycles. The number of aromatic nitrogens is 1. The van der Waals surface area contributed by atoms with Gasteiger partial charge in [0.25, 0.3) is 0 Å². The van der Waals surface area contributed by atoms with Crippen LogP contribution in [0.3, 0.4) is 0 Å². The van der Waals surface area contributed by atoms with Crippen LogP contribution in [0.25, 0.3) is 104 Å². The van der Waals surface area contributed by atoms with Crippen molar-refractivity contribution in [2.24, 2.45) is 0 Å². The molecule has 1 nitrogen and oxygen atoms in total. The van der Waals surface area contributed by atoms with E-state index in [-0.39, 0.29) is 0 Å². The van der Waals surface area contributed by atoms with Crippen LogP contribution >= 0.6 is 0 Å². The van der Waals surface area contributed by atoms with Crippen LogP contribution in [-0.4, -0.2) is 4.57 Å². The number of nitrogens with zero attached hydrogens (tertiary/aromatic N) is 1. The molecule has 2 aliphatic rings. The Kier molecular flexibility index (Phi) is 6.82. The summed E-state index contributed by atoms with van der Waals surface area (Å²) in [5.74, 6) is 0. The molecule has 0 fully saturated rings. The minimum absolute atomic E-state index is 0.519. The van der Waals surface area contributed by atoms with Crippen molar-refractivity contribution in [3.8, 4) is 50.2 Å². The van der Waals surface area contributed by atoms with E-state index >= 15 is 0 Å². The first-order chi connectivity index (χ1) is 30.8. The Labute approximate surface area is 359 Å². The average molecular weight is 784 g/mol. The standard InChI is InChI=1S/C61H37N/c1-2-19-40(20-3-1)62-57-32-15-12-24-45(57)52-36-51-43-23-11-14-31-54(43)61(56(51)37-58(52)62)53-30-13-10-22-42(53)44-34-33-39(35-55(44)61)59-47-25-6-8-27-49(47)60(50-28-9-7-26-48(50)59)46-29-16-18-38-17-4-5-21-41(38)46/h1-37H. The van der Waals surface area contributed by atoms with E-state index < -0.39 is 5.41 Å². The molecule has 286 valence electrons. The summed E-state index contributed by atoms with van der Waals surface area (Å²) >= 11 is 0. The molecule has 1 aromatic heterocycles. The van der Waals surface area contributed by atoms with Crippen molar-refractivity contribution in [1.29, 1.82) is 0 Å². The Bertz CT molecular complexity index is 3810. The van der Waals surface area contributed by atoms with Gasteiger partial charge in [0, 0.05) is 16.5 Å². The Hall–Kier alpha value is -8.00. The molecule has 14 rings (SSSR count). The number of rotatable bonds is 3. The van der Waals surface area contributed by atoms with E-state index in [0.717, 1.165) is 0 Å². The maximum atomic E-state index is 2.56. The molecule has 0 saturated carbocycles. The van der Waals surface area contributed by atoms with Crippen LogP contribution in [0.15, 0.2) is 224 Å². The quantitative estimate of drug-likeness (QED) is 0.157. The average Bonchev–Trinajstić information content (AvgIpc) is 3.93. The van der Waals surface area contributed by atoms with Gasteiger partial charge < -0.3 is 4.57 Å². The molecule has 1 heteroatoms.